The van der Waals surface area contributed by atoms with Crippen molar-refractivity contribution in [1.29, 1.82) is 0 Å². The van der Waals surface area contributed by atoms with E-state index in [2.05, 4.69) is 13.8 Å². The first kappa shape index (κ1) is 16.0. The minimum Gasteiger partial charge on any atom is -0.395 e. The molecule has 0 saturated heterocycles. The van der Waals surface area contributed by atoms with E-state index in [9.17, 15) is 4.79 Å². The lowest BCUT2D eigenvalue weighted by Crippen LogP contribution is -2.41. The summed E-state index contributed by atoms with van der Waals surface area (Å²) in [4.78, 5) is 14.2. The molecule has 19 heavy (non-hydrogen) atoms. The molecule has 4 heteroatoms. The zero-order valence-electron chi connectivity index (χ0n) is 11.6. The number of alkyl halides is 1. The van der Waals surface area contributed by atoms with Gasteiger partial charge in [0.25, 0.3) is 5.91 Å². The molecular formula is C15H22ClNO2. The smallest absolute Gasteiger partial charge is 0.254 e. The molecule has 106 valence electrons. The largest absolute Gasteiger partial charge is 0.395 e. The van der Waals surface area contributed by atoms with Crippen molar-refractivity contribution in [3.05, 3.63) is 35.4 Å². The van der Waals surface area contributed by atoms with Crippen LogP contribution in [0.3, 0.4) is 0 Å². The molecule has 0 heterocycles. The van der Waals surface area contributed by atoms with Gasteiger partial charge in [-0.15, -0.1) is 11.6 Å². The molecule has 0 aliphatic heterocycles. The minimum atomic E-state index is -0.0242. The molecule has 1 rings (SSSR count). The van der Waals surface area contributed by atoms with E-state index >= 15 is 0 Å². The second-order valence-electron chi connectivity index (χ2n) is 4.52. The number of rotatable bonds is 7. The monoisotopic (exact) mass is 283 g/mol. The molecule has 1 aromatic rings. The minimum absolute atomic E-state index is 0.0119. The lowest BCUT2D eigenvalue weighted by atomic mass is 10.1. The Labute approximate surface area is 120 Å². The zero-order valence-corrected chi connectivity index (χ0v) is 12.4. The van der Waals surface area contributed by atoms with E-state index in [1.807, 2.05) is 12.1 Å². The Morgan fingerprint density at radius 2 is 1.84 bits per heavy atom. The van der Waals surface area contributed by atoms with Crippen molar-refractivity contribution >= 4 is 17.5 Å². The van der Waals surface area contributed by atoms with Gasteiger partial charge in [0.1, 0.15) is 0 Å². The van der Waals surface area contributed by atoms with Gasteiger partial charge in [-0.05, 0) is 30.5 Å². The second-order valence-corrected chi connectivity index (χ2v) is 4.79. The number of hydrogen-bond donors (Lipinski definition) is 1. The predicted octanol–water partition coefficient (Wildman–Crippen LogP) is 3.05. The first-order chi connectivity index (χ1) is 9.17. The summed E-state index contributed by atoms with van der Waals surface area (Å²) in [6.07, 6.45) is 1.78. The highest BCUT2D eigenvalue weighted by Crippen LogP contribution is 2.15. The number of carbonyl (C=O) groups excluding carboxylic acids is 1. The maximum absolute atomic E-state index is 12.5. The highest BCUT2D eigenvalue weighted by molar-refractivity contribution is 6.17. The fourth-order valence-corrected chi connectivity index (χ4v) is 2.37. The van der Waals surface area contributed by atoms with Crippen LogP contribution < -0.4 is 0 Å². The molecule has 0 bridgehead atoms. The number of halogens is 1. The number of carbonyl (C=O) groups is 1. The Balaban J connectivity index is 2.91. The van der Waals surface area contributed by atoms with Crippen molar-refractivity contribution in [1.82, 2.24) is 4.90 Å². The second kappa shape index (κ2) is 8.18. The van der Waals surface area contributed by atoms with Crippen LogP contribution in [0, 0.1) is 0 Å². The van der Waals surface area contributed by atoms with Gasteiger partial charge >= 0.3 is 0 Å². The highest BCUT2D eigenvalue weighted by atomic mass is 35.5. The summed E-state index contributed by atoms with van der Waals surface area (Å²) < 4.78 is 0. The average molecular weight is 284 g/mol. The molecule has 3 nitrogen and oxygen atoms in total. The summed E-state index contributed by atoms with van der Waals surface area (Å²) in [5.74, 6) is 0.422. The van der Waals surface area contributed by atoms with Gasteiger partial charge in [-0.1, -0.05) is 26.0 Å². The SMILES string of the molecule is CCC(CC)N(CCO)C(=O)c1ccc(CCl)cc1. The van der Waals surface area contributed by atoms with E-state index in [1.54, 1.807) is 17.0 Å². The molecule has 0 spiro atoms. The number of aliphatic hydroxyl groups is 1. The maximum atomic E-state index is 12.5. The summed E-state index contributed by atoms with van der Waals surface area (Å²) in [5.41, 5.74) is 1.64. The molecule has 0 fully saturated rings. The molecule has 1 N–H and O–H groups in total. The van der Waals surface area contributed by atoms with Crippen LogP contribution in [0.15, 0.2) is 24.3 Å². The lowest BCUT2D eigenvalue weighted by molar-refractivity contribution is 0.0622. The van der Waals surface area contributed by atoms with E-state index in [0.717, 1.165) is 18.4 Å². The van der Waals surface area contributed by atoms with E-state index in [4.69, 9.17) is 16.7 Å². The van der Waals surface area contributed by atoms with Gasteiger partial charge in [-0.3, -0.25) is 4.79 Å². The molecule has 0 aromatic heterocycles. The summed E-state index contributed by atoms with van der Waals surface area (Å²) in [7, 11) is 0. The van der Waals surface area contributed by atoms with Gasteiger partial charge in [-0.2, -0.15) is 0 Å². The molecule has 0 aliphatic rings. The zero-order chi connectivity index (χ0) is 14.3. The third kappa shape index (κ3) is 4.22. The summed E-state index contributed by atoms with van der Waals surface area (Å²) in [6, 6.07) is 7.50. The Morgan fingerprint density at radius 3 is 2.26 bits per heavy atom. The van der Waals surface area contributed by atoms with Gasteiger partial charge in [0, 0.05) is 24.0 Å². The van der Waals surface area contributed by atoms with Crippen molar-refractivity contribution in [3.63, 3.8) is 0 Å². The van der Waals surface area contributed by atoms with Crippen LogP contribution in [0.4, 0.5) is 0 Å². The molecule has 0 atom stereocenters. The number of benzene rings is 1. The van der Waals surface area contributed by atoms with E-state index in [1.165, 1.54) is 0 Å². The van der Waals surface area contributed by atoms with Crippen LogP contribution in [-0.4, -0.2) is 35.1 Å². The molecular weight excluding hydrogens is 262 g/mol. The molecule has 1 amide bonds. The fraction of sp³-hybridized carbons (Fsp3) is 0.533. The predicted molar refractivity (Wildman–Crippen MR) is 78.5 cm³/mol. The van der Waals surface area contributed by atoms with Crippen molar-refractivity contribution in [2.75, 3.05) is 13.2 Å². The van der Waals surface area contributed by atoms with Crippen molar-refractivity contribution in [3.8, 4) is 0 Å². The van der Waals surface area contributed by atoms with Gasteiger partial charge in [-0.25, -0.2) is 0 Å². The van der Waals surface area contributed by atoms with Crippen LogP contribution in [0.25, 0.3) is 0 Å². The van der Waals surface area contributed by atoms with E-state index < -0.39 is 0 Å². The molecule has 0 radical (unpaired) electrons. The van der Waals surface area contributed by atoms with Crippen molar-refractivity contribution in [2.24, 2.45) is 0 Å². The van der Waals surface area contributed by atoms with Crippen molar-refractivity contribution < 1.29 is 9.90 Å². The van der Waals surface area contributed by atoms with E-state index in [-0.39, 0.29) is 18.6 Å². The van der Waals surface area contributed by atoms with Crippen LogP contribution in [0.2, 0.25) is 0 Å². The van der Waals surface area contributed by atoms with Gasteiger partial charge in [0.05, 0.1) is 6.61 Å². The summed E-state index contributed by atoms with van der Waals surface area (Å²) in [5, 5.41) is 9.14. The maximum Gasteiger partial charge on any atom is 0.254 e. The highest BCUT2D eigenvalue weighted by Gasteiger charge is 2.21. The van der Waals surface area contributed by atoms with E-state index in [0.29, 0.717) is 18.0 Å². The molecule has 0 aliphatic carbocycles. The average Bonchev–Trinajstić information content (AvgIpc) is 2.47. The molecule has 0 unspecified atom stereocenters. The third-order valence-corrected chi connectivity index (χ3v) is 3.65. The first-order valence-corrected chi connectivity index (χ1v) is 7.28. The lowest BCUT2D eigenvalue weighted by Gasteiger charge is -2.30. The van der Waals surface area contributed by atoms with Crippen LogP contribution in [0.5, 0.6) is 0 Å². The Bertz CT molecular complexity index is 388. The third-order valence-electron chi connectivity index (χ3n) is 3.34. The molecule has 0 saturated carbocycles. The number of nitrogens with zero attached hydrogens (tertiary/aromatic N) is 1. The number of hydrogen-bond acceptors (Lipinski definition) is 2. The van der Waals surface area contributed by atoms with Gasteiger partial charge in [0.2, 0.25) is 0 Å². The Kier molecular flexibility index (Phi) is 6.89. The normalized spacial score (nSPS) is 10.8. The van der Waals surface area contributed by atoms with Crippen molar-refractivity contribution in [2.45, 2.75) is 38.6 Å². The first-order valence-electron chi connectivity index (χ1n) is 6.74. The summed E-state index contributed by atoms with van der Waals surface area (Å²) in [6.45, 7) is 4.48. The van der Waals surface area contributed by atoms with Crippen LogP contribution in [-0.2, 0) is 5.88 Å². The summed E-state index contributed by atoms with van der Waals surface area (Å²) >= 11 is 5.74. The number of amides is 1. The number of aliphatic hydroxyl groups excluding tert-OH is 1. The Hall–Kier alpha value is -1.06. The van der Waals surface area contributed by atoms with Crippen LogP contribution in [0.1, 0.15) is 42.6 Å². The van der Waals surface area contributed by atoms with Gasteiger partial charge in [0.15, 0.2) is 0 Å². The fourth-order valence-electron chi connectivity index (χ4n) is 2.19. The van der Waals surface area contributed by atoms with Gasteiger partial charge < -0.3 is 10.0 Å². The standard InChI is InChI=1S/C15H22ClNO2/c1-3-14(4-2)17(9-10-18)15(19)13-7-5-12(11-16)6-8-13/h5-8,14,18H,3-4,9-11H2,1-2H3. The molecule has 1 aromatic carbocycles. The quantitative estimate of drug-likeness (QED) is 0.782. The Morgan fingerprint density at radius 1 is 1.26 bits per heavy atom. The topological polar surface area (TPSA) is 40.5 Å². The van der Waals surface area contributed by atoms with Crippen LogP contribution >= 0.6 is 11.6 Å².